The van der Waals surface area contributed by atoms with Crippen molar-refractivity contribution in [2.24, 2.45) is 0 Å². The van der Waals surface area contributed by atoms with Gasteiger partial charge in [-0.15, -0.1) is 0 Å². The van der Waals surface area contributed by atoms with Gasteiger partial charge in [-0.3, -0.25) is 9.80 Å². The third kappa shape index (κ3) is 9.08. The van der Waals surface area contributed by atoms with Crippen LogP contribution in [-0.4, -0.2) is 72.1 Å². The number of ether oxygens (including phenoxy) is 1. The van der Waals surface area contributed by atoms with Crippen LogP contribution in [0.25, 0.3) is 11.1 Å². The first-order valence-corrected chi connectivity index (χ1v) is 14.8. The van der Waals surface area contributed by atoms with Crippen LogP contribution in [0.3, 0.4) is 0 Å². The Morgan fingerprint density at radius 1 is 1.05 bits per heavy atom. The molecule has 0 unspecified atom stereocenters. The number of carbonyl (C=O) groups is 1. The van der Waals surface area contributed by atoms with Gasteiger partial charge in [0.1, 0.15) is 0 Å². The van der Waals surface area contributed by atoms with Crippen LogP contribution in [-0.2, 0) is 22.4 Å². The fraction of sp³-hybridized carbons (Fsp3) is 0.531. The molecule has 1 aromatic heterocycles. The van der Waals surface area contributed by atoms with E-state index in [0.29, 0.717) is 25.3 Å². The van der Waals surface area contributed by atoms with Crippen LogP contribution in [0.4, 0.5) is 14.9 Å². The Balaban J connectivity index is 1.40. The number of nitrogens with zero attached hydrogens (tertiary/aromatic N) is 4. The van der Waals surface area contributed by atoms with E-state index < -0.39 is 11.3 Å². The molecule has 0 saturated carbocycles. The Hall–Kier alpha value is -3.34. The lowest BCUT2D eigenvalue weighted by atomic mass is 9.95. The minimum absolute atomic E-state index is 0.00739. The maximum Gasteiger partial charge on any atom is 0.321 e. The summed E-state index contributed by atoms with van der Waals surface area (Å²) in [5.74, 6) is 0.490. The van der Waals surface area contributed by atoms with E-state index in [-0.39, 0.29) is 11.9 Å². The number of morpholine rings is 1. The van der Waals surface area contributed by atoms with Crippen LogP contribution < -0.4 is 10.2 Å². The number of nitrogens with one attached hydrogen (secondary N) is 1. The molecule has 1 aliphatic heterocycles. The lowest BCUT2D eigenvalue weighted by Gasteiger charge is -2.28. The van der Waals surface area contributed by atoms with Gasteiger partial charge < -0.3 is 19.7 Å². The summed E-state index contributed by atoms with van der Waals surface area (Å²) in [5, 5.41) is 17.3. The molecule has 2 heterocycles. The molecule has 0 aliphatic carbocycles. The van der Waals surface area contributed by atoms with Gasteiger partial charge in [0.2, 0.25) is 0 Å². The lowest BCUT2D eigenvalue weighted by molar-refractivity contribution is 0.0387. The highest BCUT2D eigenvalue weighted by Crippen LogP contribution is 2.28. The Morgan fingerprint density at radius 2 is 1.79 bits per heavy atom. The summed E-state index contributed by atoms with van der Waals surface area (Å²) in [6, 6.07) is 15.7. The number of carbonyl (C=O) groups excluding carboxylic acids is 1. The number of benzene rings is 2. The van der Waals surface area contributed by atoms with Gasteiger partial charge in [0.05, 0.1) is 18.8 Å². The van der Waals surface area contributed by atoms with E-state index in [9.17, 15) is 14.3 Å². The third-order valence-electron chi connectivity index (χ3n) is 7.39. The van der Waals surface area contributed by atoms with E-state index in [2.05, 4.69) is 20.4 Å². The van der Waals surface area contributed by atoms with Gasteiger partial charge >= 0.3 is 6.03 Å². The number of aromatic nitrogens is 2. The molecule has 10 heteroatoms. The Labute approximate surface area is 248 Å². The average Bonchev–Trinajstić information content (AvgIpc) is 3.45. The van der Waals surface area contributed by atoms with Crippen molar-refractivity contribution in [3.05, 3.63) is 65.8 Å². The highest BCUT2D eigenvalue weighted by molar-refractivity contribution is 5.92. The minimum Gasteiger partial charge on any atom is -0.386 e. The Kier molecular flexibility index (Phi) is 10.7. The molecule has 42 heavy (non-hydrogen) atoms. The van der Waals surface area contributed by atoms with E-state index in [1.165, 1.54) is 13.8 Å². The highest BCUT2D eigenvalue weighted by Gasteiger charge is 2.26. The molecule has 0 radical (unpaired) electrons. The van der Waals surface area contributed by atoms with Crippen molar-refractivity contribution in [1.29, 1.82) is 0 Å². The summed E-state index contributed by atoms with van der Waals surface area (Å²) < 4.78 is 24.5. The number of anilines is 1. The highest BCUT2D eigenvalue weighted by atomic mass is 19.1. The van der Waals surface area contributed by atoms with Crippen molar-refractivity contribution >= 4 is 11.7 Å². The smallest absolute Gasteiger partial charge is 0.321 e. The van der Waals surface area contributed by atoms with Crippen molar-refractivity contribution in [1.82, 2.24) is 20.4 Å². The van der Waals surface area contributed by atoms with Crippen LogP contribution in [0, 0.1) is 0 Å². The van der Waals surface area contributed by atoms with Crippen LogP contribution in [0.2, 0.25) is 0 Å². The average molecular weight is 582 g/mol. The molecular formula is C32H44FN5O4. The molecule has 2 amide bonds. The lowest BCUT2D eigenvalue weighted by Crippen LogP contribution is -2.45. The van der Waals surface area contributed by atoms with E-state index in [1.54, 1.807) is 18.7 Å². The zero-order valence-electron chi connectivity index (χ0n) is 25.2. The summed E-state index contributed by atoms with van der Waals surface area (Å²) in [4.78, 5) is 21.7. The molecule has 1 fully saturated rings. The van der Waals surface area contributed by atoms with E-state index in [4.69, 9.17) is 9.26 Å². The van der Waals surface area contributed by atoms with Crippen LogP contribution in [0.15, 0.2) is 53.1 Å². The van der Waals surface area contributed by atoms with Crippen LogP contribution >= 0.6 is 0 Å². The number of unbranched alkanes of at least 4 members (excludes halogenated alkanes) is 2. The summed E-state index contributed by atoms with van der Waals surface area (Å²) in [7, 11) is 0. The number of alkyl halides is 1. The van der Waals surface area contributed by atoms with E-state index in [0.717, 1.165) is 74.5 Å². The van der Waals surface area contributed by atoms with E-state index in [1.807, 2.05) is 48.5 Å². The van der Waals surface area contributed by atoms with Crippen LogP contribution in [0.1, 0.15) is 64.2 Å². The Morgan fingerprint density at radius 3 is 2.45 bits per heavy atom. The van der Waals surface area contributed by atoms with Gasteiger partial charge in [0.25, 0.3) is 5.89 Å². The van der Waals surface area contributed by atoms with E-state index >= 15 is 0 Å². The van der Waals surface area contributed by atoms with Gasteiger partial charge in [0, 0.05) is 44.8 Å². The number of amides is 2. The van der Waals surface area contributed by atoms with Crippen molar-refractivity contribution in [3.8, 4) is 11.1 Å². The molecule has 3 aromatic rings. The third-order valence-corrected chi connectivity index (χ3v) is 7.39. The van der Waals surface area contributed by atoms with Crippen molar-refractivity contribution < 1.29 is 23.6 Å². The van der Waals surface area contributed by atoms with Gasteiger partial charge in [0.15, 0.2) is 11.5 Å². The van der Waals surface area contributed by atoms with Gasteiger partial charge in [-0.1, -0.05) is 48.0 Å². The molecule has 1 aliphatic rings. The topological polar surface area (TPSA) is 104 Å². The van der Waals surface area contributed by atoms with Gasteiger partial charge in [-0.25, -0.2) is 9.18 Å². The number of urea groups is 1. The molecular weight excluding hydrogens is 537 g/mol. The van der Waals surface area contributed by atoms with Crippen molar-refractivity contribution in [2.45, 2.75) is 64.6 Å². The summed E-state index contributed by atoms with van der Waals surface area (Å²) >= 11 is 0. The molecule has 4 rings (SSSR count). The first kappa shape index (κ1) is 31.6. The summed E-state index contributed by atoms with van der Waals surface area (Å²) in [6.07, 6.45) is 3.01. The molecule has 0 bridgehead atoms. The first-order chi connectivity index (χ1) is 20.0. The molecule has 2 N–H and O–H groups in total. The number of hydrogen-bond acceptors (Lipinski definition) is 7. The molecule has 0 atom stereocenters. The number of aryl methyl sites for hydroxylation is 1. The predicted octanol–water partition coefficient (Wildman–Crippen LogP) is 5.43. The maximum absolute atomic E-state index is 14.0. The predicted molar refractivity (Wildman–Crippen MR) is 161 cm³/mol. The zero-order chi connectivity index (χ0) is 30.2. The number of aliphatic hydroxyl groups is 1. The standard InChI is InChI=1S/C32H44FN5O4/c1-31(2,33)29-35-28(36-42-29)11-6-5-7-17-38(30(39)34-16-18-37-19-21-41-22-20-37)27-10-8-9-25(23-27)24-12-14-26(15-13-24)32(3,4)40/h8-10,12-15,23,40H,5-7,11,16-22H2,1-4H3,(H,34,39). The number of halogens is 1. The first-order valence-electron chi connectivity index (χ1n) is 14.8. The second-order valence-corrected chi connectivity index (χ2v) is 11.8. The Bertz CT molecular complexity index is 1280. The van der Waals surface area contributed by atoms with Crippen molar-refractivity contribution in [2.75, 3.05) is 50.8 Å². The maximum atomic E-state index is 14.0. The quantitative estimate of drug-likeness (QED) is 0.260. The second kappa shape index (κ2) is 14.2. The van der Waals surface area contributed by atoms with Crippen molar-refractivity contribution in [3.63, 3.8) is 0 Å². The SMILES string of the molecule is CC(C)(O)c1ccc(-c2cccc(N(CCCCCc3noc(C(C)(C)F)n3)C(=O)NCCN3CCOCC3)c2)cc1. The number of hydrogen-bond donors (Lipinski definition) is 2. The molecule has 2 aromatic carbocycles. The van der Waals surface area contributed by atoms with Gasteiger partial charge in [-0.05, 0) is 69.4 Å². The number of rotatable bonds is 13. The monoisotopic (exact) mass is 581 g/mol. The molecule has 228 valence electrons. The summed E-state index contributed by atoms with van der Waals surface area (Å²) in [5.41, 5.74) is 1.09. The summed E-state index contributed by atoms with van der Waals surface area (Å²) in [6.45, 7) is 11.4. The zero-order valence-corrected chi connectivity index (χ0v) is 25.2. The fourth-order valence-corrected chi connectivity index (χ4v) is 4.84. The largest absolute Gasteiger partial charge is 0.386 e. The second-order valence-electron chi connectivity index (χ2n) is 11.8. The normalized spacial score (nSPS) is 14.6. The van der Waals surface area contributed by atoms with Gasteiger partial charge in [-0.2, -0.15) is 4.98 Å². The molecule has 1 saturated heterocycles. The molecule has 9 nitrogen and oxygen atoms in total. The fourth-order valence-electron chi connectivity index (χ4n) is 4.84. The molecule has 0 spiro atoms. The minimum atomic E-state index is -1.66. The van der Waals surface area contributed by atoms with Crippen LogP contribution in [0.5, 0.6) is 0 Å².